The lowest BCUT2D eigenvalue weighted by molar-refractivity contribution is 0.726. The van der Waals surface area contributed by atoms with E-state index in [0.717, 1.165) is 0 Å². The molecule has 7 heteroatoms. The predicted molar refractivity (Wildman–Crippen MR) is 171 cm³/mol. The minimum Gasteiger partial charge on any atom is -0.0736 e. The molecule has 0 saturated carbocycles. The van der Waals surface area contributed by atoms with Gasteiger partial charge in [-0.05, 0) is 20.2 Å². The lowest BCUT2D eigenvalue weighted by Crippen LogP contribution is -2.85. The van der Waals surface area contributed by atoms with E-state index in [1.807, 2.05) is 5.67 Å². The Balaban J connectivity index is 3.15. The van der Waals surface area contributed by atoms with Crippen LogP contribution in [-0.2, 0) is 0 Å². The Hall–Kier alpha value is 1.52. The molecule has 0 amide bonds. The third-order valence-corrected chi connectivity index (χ3v) is 228. The van der Waals surface area contributed by atoms with Crippen molar-refractivity contribution in [1.82, 2.24) is 0 Å². The van der Waals surface area contributed by atoms with E-state index in [2.05, 4.69) is 135 Å². The second-order valence-electron chi connectivity index (χ2n) is 18.2. The van der Waals surface area contributed by atoms with Crippen LogP contribution in [0.15, 0.2) is 0 Å². The highest BCUT2D eigenvalue weighted by molar-refractivity contribution is 8.57. The summed E-state index contributed by atoms with van der Waals surface area (Å²) in [5, 5.41) is 2.28. The van der Waals surface area contributed by atoms with Crippen molar-refractivity contribution in [1.29, 1.82) is 0 Å². The Bertz CT molecular complexity index is 715. The van der Waals surface area contributed by atoms with E-state index in [4.69, 9.17) is 0 Å². The van der Waals surface area contributed by atoms with Gasteiger partial charge in [0.05, 0.1) is 0 Å². The molecule has 2 atom stereocenters. The summed E-state index contributed by atoms with van der Waals surface area (Å²) < 4.78 is 0. The van der Waals surface area contributed by atoms with E-state index < -0.39 is 49.8 Å². The minimum atomic E-state index is -1.41. The van der Waals surface area contributed by atoms with Gasteiger partial charge in [-0.2, -0.15) is 0 Å². The molecule has 0 unspecified atom stereocenters. The van der Waals surface area contributed by atoms with Crippen LogP contribution in [0.3, 0.4) is 0 Å². The molecule has 2 heterocycles. The fourth-order valence-corrected chi connectivity index (χ4v) is 491. The molecule has 190 valence electrons. The first kappa shape index (κ1) is 29.7. The van der Waals surface area contributed by atoms with Crippen molar-refractivity contribution in [3.63, 3.8) is 0 Å². The molecule has 0 spiro atoms. The van der Waals surface area contributed by atoms with E-state index in [0.29, 0.717) is 20.2 Å². The minimum absolute atomic E-state index is 0.562. The number of rotatable bonds is 4. The van der Waals surface area contributed by atoms with Gasteiger partial charge in [-0.3, -0.25) is 0 Å². The van der Waals surface area contributed by atoms with Crippen molar-refractivity contribution in [3.8, 4) is 0 Å². The summed E-state index contributed by atoms with van der Waals surface area (Å²) >= 11 is 0. The van der Waals surface area contributed by atoms with Gasteiger partial charge in [-0.25, -0.2) is 0 Å². The van der Waals surface area contributed by atoms with E-state index >= 15 is 0 Å². The number of hydrogen-bond acceptors (Lipinski definition) is 0. The van der Waals surface area contributed by atoms with E-state index in [9.17, 15) is 0 Å². The molecule has 0 N–H and O–H groups in total. The molecule has 0 bridgehead atoms. The van der Waals surface area contributed by atoms with Crippen molar-refractivity contribution >= 4 is 49.8 Å². The van der Waals surface area contributed by atoms with Crippen LogP contribution in [0.25, 0.3) is 0 Å². The second-order valence-corrected chi connectivity index (χ2v) is 101. The van der Waals surface area contributed by atoms with Gasteiger partial charge < -0.3 is 0 Å². The van der Waals surface area contributed by atoms with Gasteiger partial charge in [-0.15, -0.1) is 0 Å². The van der Waals surface area contributed by atoms with Gasteiger partial charge >= 0.3 is 0 Å². The Morgan fingerprint density at radius 3 is 0.719 bits per heavy atom. The quantitative estimate of drug-likeness (QED) is 0.301. The van der Waals surface area contributed by atoms with Gasteiger partial charge in [0.1, 0.15) is 0 Å². The maximum Gasteiger partial charge on any atom is 0.0405 e. The van der Waals surface area contributed by atoms with Crippen LogP contribution in [-0.4, -0.2) is 49.8 Å². The molecule has 32 heavy (non-hydrogen) atoms. The molecular formula is C25H62Si7. The first-order valence-electron chi connectivity index (χ1n) is 13.5. The molecule has 0 aromatic heterocycles. The maximum atomic E-state index is 3.00. The molecule has 0 radical (unpaired) electrons. The highest BCUT2D eigenvalue weighted by atomic mass is 30.7. The predicted octanol–water partition coefficient (Wildman–Crippen LogP) is 9.48. The highest BCUT2D eigenvalue weighted by Gasteiger charge is 3.12. The summed E-state index contributed by atoms with van der Waals surface area (Å²) in [6, 6.07) is 0. The lowest BCUT2D eigenvalue weighted by atomic mass is 10.2. The smallest absolute Gasteiger partial charge is 0.0405 e. The largest absolute Gasteiger partial charge is 0.0736 e. The molecule has 0 aromatic carbocycles. The van der Waals surface area contributed by atoms with Crippen molar-refractivity contribution in [2.45, 2.75) is 161 Å². The molecule has 0 nitrogen and oxygen atoms in total. The van der Waals surface area contributed by atoms with Crippen LogP contribution in [0, 0.1) is 0 Å². The standard InChI is InChI=1S/C25H62Si7/c1-22(2,3)26(13,14)30-21-31(30,27(15,16)23(4,5)6)32(30,28(17,18)24(7,8)9)29(19,20)25(10,11)12/h21H2,1-20H3/t30-,31+. The summed E-state index contributed by atoms with van der Waals surface area (Å²) in [4.78, 5) is 0. The molecule has 2 saturated heterocycles. The third-order valence-electron chi connectivity index (χ3n) is 13.9. The monoisotopic (exact) mass is 558 g/mol. The summed E-state index contributed by atoms with van der Waals surface area (Å²) in [6.07, 6.45) is -1.30. The summed E-state index contributed by atoms with van der Waals surface area (Å²) in [5.41, 5.74) is 1.91. The van der Waals surface area contributed by atoms with Crippen molar-refractivity contribution in [2.75, 3.05) is 0 Å². The molecule has 2 aliphatic rings. The molecule has 0 aromatic rings. The van der Waals surface area contributed by atoms with E-state index in [-0.39, 0.29) is 0 Å². The number of hydrogen-bond donors (Lipinski definition) is 0. The van der Waals surface area contributed by atoms with Crippen LogP contribution < -0.4 is 0 Å². The van der Waals surface area contributed by atoms with Gasteiger partial charge in [0.2, 0.25) is 0 Å². The zero-order valence-corrected chi connectivity index (χ0v) is 33.2. The van der Waals surface area contributed by atoms with Crippen LogP contribution >= 0.6 is 0 Å². The summed E-state index contributed by atoms with van der Waals surface area (Å²) in [7, 11) is -5.47. The van der Waals surface area contributed by atoms with Crippen molar-refractivity contribution in [3.05, 3.63) is 0 Å². The Morgan fingerprint density at radius 2 is 0.562 bits per heavy atom. The lowest BCUT2D eigenvalue weighted by Gasteiger charge is -2.63. The zero-order valence-electron chi connectivity index (χ0n) is 26.2. The molecule has 2 rings (SSSR count). The second kappa shape index (κ2) is 6.88. The van der Waals surface area contributed by atoms with E-state index in [1.54, 1.807) is 0 Å². The fourth-order valence-electron chi connectivity index (χ4n) is 8.98. The maximum absolute atomic E-state index is 3.00. The van der Waals surface area contributed by atoms with E-state index in [1.165, 1.54) is 0 Å². The normalized spacial score (nSPS) is 29.6. The zero-order chi connectivity index (χ0) is 26.2. The first-order valence-corrected chi connectivity index (χ1v) is 38.9. The van der Waals surface area contributed by atoms with Crippen LogP contribution in [0.5, 0.6) is 0 Å². The van der Waals surface area contributed by atoms with Gasteiger partial charge in [0, 0.05) is 49.8 Å². The summed E-state index contributed by atoms with van der Waals surface area (Å²) in [6.45, 7) is 53.9. The van der Waals surface area contributed by atoms with Crippen LogP contribution in [0.1, 0.15) is 83.1 Å². The van der Waals surface area contributed by atoms with Crippen LogP contribution in [0.2, 0.25) is 78.2 Å². The molecule has 0 aliphatic carbocycles. The number of fused-ring (bicyclic) bond motifs is 1. The Morgan fingerprint density at radius 1 is 0.375 bits per heavy atom. The first-order chi connectivity index (χ1) is 13.5. The molecule has 2 fully saturated rings. The van der Waals surface area contributed by atoms with Gasteiger partial charge in [0.25, 0.3) is 0 Å². The SMILES string of the molecule is CC(C)(C)[Si](C)(C)[Si]1([Si](C)(C)C(C)(C)C)[Si@@]2([Si](C)(C)C(C)(C)C)C[Si@@]12[Si](C)(C)C(C)(C)C. The van der Waals surface area contributed by atoms with Gasteiger partial charge in [0.15, 0.2) is 0 Å². The third kappa shape index (κ3) is 2.79. The average Bonchev–Trinajstić information content (AvgIpc) is 3.27. The topological polar surface area (TPSA) is 0 Å². The van der Waals surface area contributed by atoms with Crippen molar-refractivity contribution in [2.24, 2.45) is 0 Å². The molecular weight excluding hydrogens is 497 g/mol. The Labute approximate surface area is 210 Å². The highest BCUT2D eigenvalue weighted by Crippen LogP contribution is 2.87. The molecule has 2 aliphatic heterocycles. The Kier molecular flexibility index (Phi) is 6.40. The van der Waals surface area contributed by atoms with Crippen molar-refractivity contribution < 1.29 is 0 Å². The average molecular weight is 559 g/mol. The fraction of sp³-hybridized carbons (Fsp3) is 1.00. The van der Waals surface area contributed by atoms with Crippen LogP contribution in [0.4, 0.5) is 0 Å². The summed E-state index contributed by atoms with van der Waals surface area (Å²) in [5.74, 6) is 0. The van der Waals surface area contributed by atoms with Gasteiger partial charge in [-0.1, -0.05) is 141 Å².